The number of rotatable bonds is 5. The number of Topliss-reactive ketones (excluding diaryl/α,β-unsaturated/α-hetero) is 1. The van der Waals surface area contributed by atoms with Crippen molar-refractivity contribution in [2.45, 2.75) is 87.5 Å². The van der Waals surface area contributed by atoms with Gasteiger partial charge in [-0.1, -0.05) is 18.6 Å². The summed E-state index contributed by atoms with van der Waals surface area (Å²) in [4.78, 5) is 30.0. The van der Waals surface area contributed by atoms with Crippen LogP contribution in [0, 0.1) is 22.7 Å². The predicted molar refractivity (Wildman–Crippen MR) is 141 cm³/mol. The fraction of sp³-hybridized carbons (Fsp3) is 0.621. The molecule has 6 rings (SSSR count). The molecule has 0 spiro atoms. The lowest BCUT2D eigenvalue weighted by Crippen LogP contribution is -2.70. The van der Waals surface area contributed by atoms with Gasteiger partial charge in [0.05, 0.1) is 18.8 Å². The van der Waals surface area contributed by atoms with E-state index in [1.807, 2.05) is 6.92 Å². The second-order valence-electron chi connectivity index (χ2n) is 12.8. The minimum atomic E-state index is -4.04. The highest BCUT2D eigenvalue weighted by molar-refractivity contribution is 7.89. The molecule has 1 saturated heterocycles. The van der Waals surface area contributed by atoms with Crippen molar-refractivity contribution in [3.8, 4) is 0 Å². The highest BCUT2D eigenvalue weighted by Gasteiger charge is 2.80. The number of alkyl halides is 1. The second kappa shape index (κ2) is 8.61. The highest BCUT2D eigenvalue weighted by atomic mass is 32.2. The number of aliphatic hydroxyl groups is 1. The molecule has 11 heteroatoms. The number of ether oxygens (including phenoxy) is 2. The highest BCUT2D eigenvalue weighted by Crippen LogP contribution is 2.72. The molecule has 4 aliphatic carbocycles. The monoisotopic (exact) mass is 574 g/mol. The van der Waals surface area contributed by atoms with E-state index in [9.17, 15) is 23.1 Å². The Balaban J connectivity index is 1.38. The van der Waals surface area contributed by atoms with Gasteiger partial charge in [0.25, 0.3) is 0 Å². The molecule has 0 aromatic carbocycles. The zero-order valence-corrected chi connectivity index (χ0v) is 23.8. The van der Waals surface area contributed by atoms with Crippen LogP contribution in [-0.2, 0) is 29.1 Å². The van der Waals surface area contributed by atoms with Gasteiger partial charge in [0, 0.05) is 29.1 Å². The Kier molecular flexibility index (Phi) is 5.99. The molecule has 8 atom stereocenters. The van der Waals surface area contributed by atoms with E-state index in [0.29, 0.717) is 24.8 Å². The van der Waals surface area contributed by atoms with E-state index >= 15 is 4.39 Å². The summed E-state index contributed by atoms with van der Waals surface area (Å²) in [5.41, 5.74) is -5.22. The molecule has 4 unspecified atom stereocenters. The Labute approximate surface area is 233 Å². The van der Waals surface area contributed by atoms with Crippen LogP contribution in [-0.4, -0.2) is 65.9 Å². The van der Waals surface area contributed by atoms with E-state index in [2.05, 4.69) is 9.71 Å². The topological polar surface area (TPSA) is 132 Å². The second-order valence-corrected chi connectivity index (χ2v) is 14.5. The maximum atomic E-state index is 17.5. The minimum absolute atomic E-state index is 0.0788. The third kappa shape index (κ3) is 3.51. The molecule has 5 aliphatic rings. The number of sulfonamides is 1. The summed E-state index contributed by atoms with van der Waals surface area (Å²) in [5, 5.41) is 11.7. The standard InChI is InChI=1S/C29H35FN2O7S/c1-25(2)38-24-13-21-20-8-7-17-12-18(33)9-10-26(17,3)28(20,30)22(34)14-27(21,4)29(24,39-25)23(35)16-32-40(36,37)19-6-5-11-31-15-19/h5-6,9-12,15,20-22,24,32,34H,7-8,13-14,16H2,1-4H3/t20?,21?,22-,24+,26?,27?,28-,29+/m0/s1. The van der Waals surface area contributed by atoms with E-state index in [1.54, 1.807) is 26.8 Å². The molecular weight excluding hydrogens is 539 g/mol. The average molecular weight is 575 g/mol. The number of halogens is 1. The number of ketones is 2. The largest absolute Gasteiger partial charge is 0.390 e. The molecule has 3 saturated carbocycles. The molecule has 1 aromatic heterocycles. The molecule has 2 N–H and O–H groups in total. The molecule has 2 heterocycles. The Bertz CT molecular complexity index is 1450. The van der Waals surface area contributed by atoms with Gasteiger partial charge >= 0.3 is 0 Å². The van der Waals surface area contributed by atoms with Gasteiger partial charge in [0.1, 0.15) is 4.90 Å². The van der Waals surface area contributed by atoms with Gasteiger partial charge in [-0.05, 0) is 76.7 Å². The maximum absolute atomic E-state index is 17.5. The van der Waals surface area contributed by atoms with Gasteiger partial charge in [-0.2, -0.15) is 0 Å². The number of aliphatic hydroxyl groups excluding tert-OH is 1. The van der Waals surface area contributed by atoms with Crippen LogP contribution in [0.25, 0.3) is 0 Å². The molecule has 216 valence electrons. The molecule has 40 heavy (non-hydrogen) atoms. The van der Waals surface area contributed by atoms with Crippen molar-refractivity contribution in [2.75, 3.05) is 6.54 Å². The number of carbonyl (C=O) groups excluding carboxylic acids is 2. The Morgan fingerprint density at radius 1 is 1.25 bits per heavy atom. The van der Waals surface area contributed by atoms with E-state index in [1.165, 1.54) is 36.7 Å². The van der Waals surface area contributed by atoms with Gasteiger partial charge in [-0.25, -0.2) is 17.5 Å². The summed E-state index contributed by atoms with van der Waals surface area (Å²) in [6.45, 7) is 6.40. The van der Waals surface area contributed by atoms with Gasteiger partial charge in [0.15, 0.2) is 28.6 Å². The number of nitrogens with one attached hydrogen (secondary N) is 1. The first-order chi connectivity index (χ1) is 18.6. The fourth-order valence-electron chi connectivity index (χ4n) is 8.69. The average Bonchev–Trinajstić information content (AvgIpc) is 3.30. The lowest BCUT2D eigenvalue weighted by Gasteiger charge is -2.62. The summed E-state index contributed by atoms with van der Waals surface area (Å²) in [6, 6.07) is 2.86. The maximum Gasteiger partial charge on any atom is 0.242 e. The summed E-state index contributed by atoms with van der Waals surface area (Å²) >= 11 is 0. The molecule has 0 amide bonds. The molecule has 1 aromatic rings. The molecule has 9 nitrogen and oxygen atoms in total. The van der Waals surface area contributed by atoms with Crippen molar-refractivity contribution in [3.05, 3.63) is 48.3 Å². The number of fused-ring (bicyclic) bond motifs is 7. The van der Waals surface area contributed by atoms with Crippen molar-refractivity contribution in [1.82, 2.24) is 9.71 Å². The summed E-state index contributed by atoms with van der Waals surface area (Å²) < 4.78 is 58.4. The Morgan fingerprint density at radius 2 is 2.00 bits per heavy atom. The number of pyridine rings is 1. The molecule has 0 radical (unpaired) electrons. The van der Waals surface area contributed by atoms with Crippen LogP contribution in [0.4, 0.5) is 4.39 Å². The first kappa shape index (κ1) is 27.8. The normalized spacial score (nSPS) is 43.4. The molecule has 0 bridgehead atoms. The van der Waals surface area contributed by atoms with Gasteiger partial charge in [-0.3, -0.25) is 14.6 Å². The number of nitrogens with zero attached hydrogens (tertiary/aromatic N) is 1. The van der Waals surface area contributed by atoms with Gasteiger partial charge in [0.2, 0.25) is 10.0 Å². The van der Waals surface area contributed by atoms with E-state index < -0.39 is 74.3 Å². The van der Waals surface area contributed by atoms with Crippen molar-refractivity contribution >= 4 is 21.6 Å². The SMILES string of the molecule is CC1(C)O[C@@H]2CC3C4CCC5=CC(=O)C=CC5(C)[C@@]4(F)[C@@H](O)CC3(C)[C@]2(C(=O)CNS(=O)(=O)c2cccnc2)O1. The van der Waals surface area contributed by atoms with Crippen molar-refractivity contribution in [3.63, 3.8) is 0 Å². The summed E-state index contributed by atoms with van der Waals surface area (Å²) in [6.07, 6.45) is 5.97. The van der Waals surface area contributed by atoms with E-state index in [-0.39, 0.29) is 17.1 Å². The molecule has 4 fully saturated rings. The Morgan fingerprint density at radius 3 is 2.70 bits per heavy atom. The van der Waals surface area contributed by atoms with E-state index in [4.69, 9.17) is 9.47 Å². The first-order valence-corrected chi connectivity index (χ1v) is 15.2. The van der Waals surface area contributed by atoms with Crippen molar-refractivity contribution < 1.29 is 37.0 Å². The molecular formula is C29H35FN2O7S. The summed E-state index contributed by atoms with van der Waals surface area (Å²) in [5.74, 6) is -2.90. The van der Waals surface area contributed by atoms with Gasteiger partial charge in [-0.15, -0.1) is 0 Å². The quantitative estimate of drug-likeness (QED) is 0.549. The third-order valence-corrected chi connectivity index (χ3v) is 11.8. The zero-order valence-electron chi connectivity index (χ0n) is 23.0. The fourth-order valence-corrected chi connectivity index (χ4v) is 9.64. The predicted octanol–water partition coefficient (Wildman–Crippen LogP) is 2.80. The van der Waals surface area contributed by atoms with Crippen LogP contribution in [0.1, 0.15) is 53.4 Å². The van der Waals surface area contributed by atoms with Crippen molar-refractivity contribution in [2.24, 2.45) is 22.7 Å². The van der Waals surface area contributed by atoms with Gasteiger partial charge < -0.3 is 14.6 Å². The zero-order chi connectivity index (χ0) is 28.9. The smallest absolute Gasteiger partial charge is 0.242 e. The molecule has 1 aliphatic heterocycles. The van der Waals surface area contributed by atoms with Crippen molar-refractivity contribution in [1.29, 1.82) is 0 Å². The van der Waals surface area contributed by atoms with Crippen LogP contribution in [0.3, 0.4) is 0 Å². The van der Waals surface area contributed by atoms with Crippen LogP contribution in [0.2, 0.25) is 0 Å². The number of hydrogen-bond donors (Lipinski definition) is 2. The summed E-state index contributed by atoms with van der Waals surface area (Å²) in [7, 11) is -4.04. The lowest BCUT2D eigenvalue weighted by atomic mass is 9.44. The van der Waals surface area contributed by atoms with Crippen LogP contribution < -0.4 is 4.72 Å². The van der Waals surface area contributed by atoms with Crippen LogP contribution in [0.5, 0.6) is 0 Å². The van der Waals surface area contributed by atoms with Crippen LogP contribution in [0.15, 0.2) is 53.2 Å². The van der Waals surface area contributed by atoms with Crippen LogP contribution >= 0.6 is 0 Å². The number of carbonyl (C=O) groups is 2. The Hall–Kier alpha value is -2.31. The lowest BCUT2D eigenvalue weighted by molar-refractivity contribution is -0.245. The minimum Gasteiger partial charge on any atom is -0.390 e. The number of allylic oxidation sites excluding steroid dienone is 4. The first-order valence-electron chi connectivity index (χ1n) is 13.7. The number of hydrogen-bond acceptors (Lipinski definition) is 8. The third-order valence-electron chi connectivity index (χ3n) is 10.4. The number of aromatic nitrogens is 1. The van der Waals surface area contributed by atoms with E-state index in [0.717, 1.165) is 0 Å².